The molecule has 6 nitrogen and oxygen atoms in total. The average Bonchev–Trinajstić information content (AvgIpc) is 3.22. The number of anilines is 1. The van der Waals surface area contributed by atoms with Crippen LogP contribution in [0.2, 0.25) is 0 Å². The van der Waals surface area contributed by atoms with Crippen molar-refractivity contribution >= 4 is 35.1 Å². The second kappa shape index (κ2) is 11.6. The molecule has 0 saturated carbocycles. The molecule has 1 amide bonds. The number of carbonyl (C=O) groups is 1. The molecular formula is C25H32N4O2S2. The van der Waals surface area contributed by atoms with E-state index in [-0.39, 0.29) is 23.8 Å². The molecule has 0 fully saturated rings. The molecular weight excluding hydrogens is 452 g/mol. The van der Waals surface area contributed by atoms with Gasteiger partial charge in [0.2, 0.25) is 5.91 Å². The third-order valence-corrected chi connectivity index (χ3v) is 6.77. The standard InChI is InChI=1S/C25H32N4O2S2/c1-16(2)21-12-7-8-13-22(21)31-18(5)24-27-28-25(29(24)17(3)4)33-15-23(30)26-19-10-9-11-20(14-19)32-6/h7-14,16-18H,15H2,1-6H3,(H,26,30). The van der Waals surface area contributed by atoms with E-state index in [1.165, 1.54) is 11.8 Å². The molecule has 0 aliphatic heterocycles. The van der Waals surface area contributed by atoms with Gasteiger partial charge in [-0.25, -0.2) is 0 Å². The number of para-hydroxylation sites is 1. The van der Waals surface area contributed by atoms with Crippen LogP contribution >= 0.6 is 23.5 Å². The van der Waals surface area contributed by atoms with Crippen molar-refractivity contribution in [3.8, 4) is 5.75 Å². The maximum atomic E-state index is 12.5. The third-order valence-electron chi connectivity index (χ3n) is 5.10. The number of carbonyl (C=O) groups excluding carboxylic acids is 1. The number of ether oxygens (including phenoxy) is 1. The fourth-order valence-electron chi connectivity index (χ4n) is 3.49. The van der Waals surface area contributed by atoms with Crippen LogP contribution in [-0.2, 0) is 4.79 Å². The first kappa shape index (κ1) is 25.2. The zero-order chi connectivity index (χ0) is 24.0. The second-order valence-electron chi connectivity index (χ2n) is 8.33. The predicted octanol–water partition coefficient (Wildman–Crippen LogP) is 6.58. The van der Waals surface area contributed by atoms with Crippen LogP contribution in [-0.4, -0.2) is 32.7 Å². The number of thioether (sulfide) groups is 2. The minimum Gasteiger partial charge on any atom is -0.482 e. The van der Waals surface area contributed by atoms with Gasteiger partial charge < -0.3 is 14.6 Å². The Morgan fingerprint density at radius 1 is 1.06 bits per heavy atom. The summed E-state index contributed by atoms with van der Waals surface area (Å²) in [6.07, 6.45) is 1.73. The van der Waals surface area contributed by atoms with E-state index in [4.69, 9.17) is 4.74 Å². The van der Waals surface area contributed by atoms with Crippen molar-refractivity contribution in [2.24, 2.45) is 0 Å². The summed E-state index contributed by atoms with van der Waals surface area (Å²) < 4.78 is 8.36. The zero-order valence-corrected chi connectivity index (χ0v) is 21.7. The molecule has 0 aliphatic rings. The summed E-state index contributed by atoms with van der Waals surface area (Å²) >= 11 is 3.03. The van der Waals surface area contributed by atoms with Crippen molar-refractivity contribution in [1.82, 2.24) is 14.8 Å². The Morgan fingerprint density at radius 2 is 1.82 bits per heavy atom. The van der Waals surface area contributed by atoms with Gasteiger partial charge in [-0.2, -0.15) is 0 Å². The summed E-state index contributed by atoms with van der Waals surface area (Å²) in [5.41, 5.74) is 1.96. The molecule has 2 aromatic carbocycles. The fraction of sp³-hybridized carbons (Fsp3) is 0.400. The van der Waals surface area contributed by atoms with Crippen molar-refractivity contribution in [2.75, 3.05) is 17.3 Å². The minimum absolute atomic E-state index is 0.0757. The SMILES string of the molecule is CSc1cccc(NC(=O)CSc2nnc(C(C)Oc3ccccc3C(C)C)n2C(C)C)c1. The Labute approximate surface area is 204 Å². The van der Waals surface area contributed by atoms with Crippen LogP contribution < -0.4 is 10.1 Å². The van der Waals surface area contributed by atoms with E-state index < -0.39 is 0 Å². The van der Waals surface area contributed by atoms with Gasteiger partial charge in [0.05, 0.1) is 5.75 Å². The van der Waals surface area contributed by atoms with Gasteiger partial charge in [-0.1, -0.05) is 49.9 Å². The zero-order valence-electron chi connectivity index (χ0n) is 20.0. The van der Waals surface area contributed by atoms with E-state index in [1.807, 2.05) is 55.6 Å². The van der Waals surface area contributed by atoms with Crippen molar-refractivity contribution in [3.63, 3.8) is 0 Å². The van der Waals surface area contributed by atoms with Crippen LogP contribution in [0.5, 0.6) is 5.75 Å². The number of hydrogen-bond donors (Lipinski definition) is 1. The maximum absolute atomic E-state index is 12.5. The van der Waals surface area contributed by atoms with Gasteiger partial charge in [0, 0.05) is 16.6 Å². The first-order chi connectivity index (χ1) is 15.8. The average molecular weight is 485 g/mol. The van der Waals surface area contributed by atoms with Gasteiger partial charge in [0.15, 0.2) is 17.1 Å². The van der Waals surface area contributed by atoms with Crippen molar-refractivity contribution in [3.05, 3.63) is 59.9 Å². The Kier molecular flexibility index (Phi) is 8.86. The Hall–Kier alpha value is -2.45. The van der Waals surface area contributed by atoms with Gasteiger partial charge in [-0.3, -0.25) is 4.79 Å². The van der Waals surface area contributed by atoms with Crippen LogP contribution in [0.25, 0.3) is 0 Å². The summed E-state index contributed by atoms with van der Waals surface area (Å²) in [4.78, 5) is 13.6. The normalized spacial score (nSPS) is 12.2. The van der Waals surface area contributed by atoms with E-state index in [1.54, 1.807) is 11.8 Å². The molecule has 33 heavy (non-hydrogen) atoms. The first-order valence-electron chi connectivity index (χ1n) is 11.1. The molecule has 0 bridgehead atoms. The largest absolute Gasteiger partial charge is 0.482 e. The van der Waals surface area contributed by atoms with Crippen LogP contribution in [0, 0.1) is 0 Å². The lowest BCUT2D eigenvalue weighted by Gasteiger charge is -2.21. The number of aromatic nitrogens is 3. The smallest absolute Gasteiger partial charge is 0.234 e. The Morgan fingerprint density at radius 3 is 2.52 bits per heavy atom. The highest BCUT2D eigenvalue weighted by Gasteiger charge is 2.23. The maximum Gasteiger partial charge on any atom is 0.234 e. The number of nitrogens with one attached hydrogen (secondary N) is 1. The number of hydrogen-bond acceptors (Lipinski definition) is 6. The second-order valence-corrected chi connectivity index (χ2v) is 10.1. The molecule has 1 atom stereocenters. The highest BCUT2D eigenvalue weighted by molar-refractivity contribution is 7.99. The Balaban J connectivity index is 1.71. The van der Waals surface area contributed by atoms with E-state index in [0.29, 0.717) is 11.1 Å². The van der Waals surface area contributed by atoms with Gasteiger partial charge in [0.1, 0.15) is 5.75 Å². The fourth-order valence-corrected chi connectivity index (χ4v) is 4.82. The Bertz CT molecular complexity index is 1080. The van der Waals surface area contributed by atoms with E-state index in [9.17, 15) is 4.79 Å². The quantitative estimate of drug-likeness (QED) is 0.328. The molecule has 0 aliphatic carbocycles. The van der Waals surface area contributed by atoms with Crippen LogP contribution in [0.15, 0.2) is 58.6 Å². The molecule has 1 aromatic heterocycles. The summed E-state index contributed by atoms with van der Waals surface area (Å²) in [5, 5.41) is 12.5. The van der Waals surface area contributed by atoms with Gasteiger partial charge in [-0.05, 0) is 62.8 Å². The molecule has 1 heterocycles. The molecule has 3 aromatic rings. The topological polar surface area (TPSA) is 69.0 Å². The van der Waals surface area contributed by atoms with Gasteiger partial charge >= 0.3 is 0 Å². The van der Waals surface area contributed by atoms with E-state index >= 15 is 0 Å². The highest BCUT2D eigenvalue weighted by Crippen LogP contribution is 2.32. The van der Waals surface area contributed by atoms with Gasteiger partial charge in [-0.15, -0.1) is 22.0 Å². The van der Waals surface area contributed by atoms with Gasteiger partial charge in [0.25, 0.3) is 0 Å². The molecule has 0 saturated heterocycles. The van der Waals surface area contributed by atoms with Crippen LogP contribution in [0.3, 0.4) is 0 Å². The van der Waals surface area contributed by atoms with Crippen LogP contribution in [0.4, 0.5) is 5.69 Å². The number of rotatable bonds is 10. The minimum atomic E-state index is -0.280. The third kappa shape index (κ3) is 6.54. The lowest BCUT2D eigenvalue weighted by atomic mass is 10.0. The molecule has 1 N–H and O–H groups in total. The summed E-state index contributed by atoms with van der Waals surface area (Å²) in [7, 11) is 0. The van der Waals surface area contributed by atoms with Crippen molar-refractivity contribution in [1.29, 1.82) is 0 Å². The van der Waals surface area contributed by atoms with Crippen molar-refractivity contribution in [2.45, 2.75) is 62.7 Å². The summed E-state index contributed by atoms with van der Waals surface area (Å²) in [6.45, 7) is 10.5. The highest BCUT2D eigenvalue weighted by atomic mass is 32.2. The molecule has 0 spiro atoms. The molecule has 0 radical (unpaired) electrons. The number of nitrogens with zero attached hydrogens (tertiary/aromatic N) is 3. The monoisotopic (exact) mass is 484 g/mol. The number of benzene rings is 2. The summed E-state index contributed by atoms with van der Waals surface area (Å²) in [6, 6.07) is 16.0. The number of amides is 1. The molecule has 8 heteroatoms. The molecule has 176 valence electrons. The molecule has 1 unspecified atom stereocenters. The van der Waals surface area contributed by atoms with Crippen molar-refractivity contribution < 1.29 is 9.53 Å². The van der Waals surface area contributed by atoms with E-state index in [2.05, 4.69) is 53.8 Å². The summed E-state index contributed by atoms with van der Waals surface area (Å²) in [5.74, 6) is 2.14. The van der Waals surface area contributed by atoms with Crippen LogP contribution in [0.1, 0.15) is 64.1 Å². The predicted molar refractivity (Wildman–Crippen MR) is 138 cm³/mol. The molecule has 3 rings (SSSR count). The first-order valence-corrected chi connectivity index (χ1v) is 13.3. The van der Waals surface area contributed by atoms with E-state index in [0.717, 1.165) is 27.7 Å². The lowest BCUT2D eigenvalue weighted by Crippen LogP contribution is -2.17. The lowest BCUT2D eigenvalue weighted by molar-refractivity contribution is -0.113.